The number of rotatable bonds is 5. The molecule has 1 atom stereocenters. The van der Waals surface area contributed by atoms with Crippen LogP contribution in [0.2, 0.25) is 0 Å². The van der Waals surface area contributed by atoms with Gasteiger partial charge in [0.05, 0.1) is 12.2 Å². The van der Waals surface area contributed by atoms with Crippen LogP contribution >= 0.6 is 0 Å². The number of ether oxygens (including phenoxy) is 1. The van der Waals surface area contributed by atoms with Crippen molar-refractivity contribution in [3.8, 4) is 0 Å². The van der Waals surface area contributed by atoms with Crippen LogP contribution in [0.15, 0.2) is 0 Å². The predicted molar refractivity (Wildman–Crippen MR) is 53.9 cm³/mol. The molecule has 0 aliphatic heterocycles. The summed E-state index contributed by atoms with van der Waals surface area (Å²) in [5.74, 6) is 1.47. The molecule has 12 heavy (non-hydrogen) atoms. The second kappa shape index (κ2) is 5.70. The average Bonchev–Trinajstić information content (AvgIpc) is 1.84. The molecule has 0 aliphatic carbocycles. The first kappa shape index (κ1) is 12.1. The third-order valence-electron chi connectivity index (χ3n) is 1.28. The van der Waals surface area contributed by atoms with Crippen molar-refractivity contribution in [2.24, 2.45) is 0 Å². The lowest BCUT2D eigenvalue weighted by atomic mass is 10.2. The molecule has 0 aliphatic rings. The molecule has 2 nitrogen and oxygen atoms in total. The van der Waals surface area contributed by atoms with Gasteiger partial charge in [-0.15, -0.1) is 0 Å². The Morgan fingerprint density at radius 3 is 2.25 bits per heavy atom. The first-order valence-corrected chi connectivity index (χ1v) is 5.93. The van der Waals surface area contributed by atoms with Crippen LogP contribution in [-0.2, 0) is 15.5 Å². The molecule has 0 fully saturated rings. The highest BCUT2D eigenvalue weighted by Crippen LogP contribution is 2.05. The Kier molecular flexibility index (Phi) is 5.76. The monoisotopic (exact) mass is 192 g/mol. The van der Waals surface area contributed by atoms with Gasteiger partial charge in [-0.25, -0.2) is 0 Å². The maximum absolute atomic E-state index is 11.2. The Morgan fingerprint density at radius 2 is 1.83 bits per heavy atom. The first-order valence-electron chi connectivity index (χ1n) is 4.44. The van der Waals surface area contributed by atoms with Crippen LogP contribution in [0, 0.1) is 0 Å². The summed E-state index contributed by atoms with van der Waals surface area (Å²) in [6.07, 6.45) is 0.988. The minimum absolute atomic E-state index is 0.101. The molecule has 0 aromatic rings. The lowest BCUT2D eigenvalue weighted by Crippen LogP contribution is -2.22. The molecular formula is C9H20O2S. The Hall–Kier alpha value is 0.110. The van der Waals surface area contributed by atoms with Crippen molar-refractivity contribution in [1.29, 1.82) is 0 Å². The van der Waals surface area contributed by atoms with E-state index in [0.29, 0.717) is 12.4 Å². The van der Waals surface area contributed by atoms with E-state index in [1.807, 2.05) is 27.7 Å². The SMILES string of the molecule is CCCS(=O)CCOC(C)(C)C. The van der Waals surface area contributed by atoms with Crippen molar-refractivity contribution in [3.63, 3.8) is 0 Å². The van der Waals surface area contributed by atoms with Crippen molar-refractivity contribution < 1.29 is 8.95 Å². The van der Waals surface area contributed by atoms with Gasteiger partial charge < -0.3 is 4.74 Å². The van der Waals surface area contributed by atoms with E-state index in [1.54, 1.807) is 0 Å². The first-order chi connectivity index (χ1) is 5.45. The maximum atomic E-state index is 11.2. The smallest absolute Gasteiger partial charge is 0.0598 e. The Morgan fingerprint density at radius 1 is 1.25 bits per heavy atom. The highest BCUT2D eigenvalue weighted by molar-refractivity contribution is 7.84. The highest BCUT2D eigenvalue weighted by atomic mass is 32.2. The van der Waals surface area contributed by atoms with Gasteiger partial charge in [0, 0.05) is 22.3 Å². The van der Waals surface area contributed by atoms with Gasteiger partial charge in [-0.05, 0) is 27.2 Å². The summed E-state index contributed by atoms with van der Waals surface area (Å²) >= 11 is 0. The van der Waals surface area contributed by atoms with Crippen LogP contribution in [0.4, 0.5) is 0 Å². The molecule has 3 heteroatoms. The summed E-state index contributed by atoms with van der Waals surface area (Å²) in [7, 11) is -0.680. The Balaban J connectivity index is 3.37. The van der Waals surface area contributed by atoms with E-state index in [-0.39, 0.29) is 5.60 Å². The largest absolute Gasteiger partial charge is 0.375 e. The Bertz CT molecular complexity index is 138. The zero-order valence-corrected chi connectivity index (χ0v) is 9.37. The third kappa shape index (κ3) is 8.21. The third-order valence-corrected chi connectivity index (χ3v) is 2.76. The minimum atomic E-state index is -0.680. The summed E-state index contributed by atoms with van der Waals surface area (Å²) in [5, 5.41) is 0. The lowest BCUT2D eigenvalue weighted by molar-refractivity contribution is 0.00669. The number of hydrogen-bond acceptors (Lipinski definition) is 2. The van der Waals surface area contributed by atoms with Crippen LogP contribution in [0.1, 0.15) is 34.1 Å². The van der Waals surface area contributed by atoms with Gasteiger partial charge in [0.1, 0.15) is 0 Å². The van der Waals surface area contributed by atoms with Crippen LogP contribution in [0.25, 0.3) is 0 Å². The summed E-state index contributed by atoms with van der Waals surface area (Å²) in [4.78, 5) is 0. The van der Waals surface area contributed by atoms with Gasteiger partial charge in [-0.1, -0.05) is 6.92 Å². The summed E-state index contributed by atoms with van der Waals surface area (Å²) in [6.45, 7) is 8.68. The molecule has 74 valence electrons. The fourth-order valence-electron chi connectivity index (χ4n) is 0.771. The van der Waals surface area contributed by atoms with Crippen LogP contribution < -0.4 is 0 Å². The molecule has 0 spiro atoms. The molecule has 0 saturated carbocycles. The minimum Gasteiger partial charge on any atom is -0.375 e. The van der Waals surface area contributed by atoms with Crippen LogP contribution in [0.3, 0.4) is 0 Å². The number of hydrogen-bond donors (Lipinski definition) is 0. The molecule has 0 aromatic carbocycles. The molecule has 0 saturated heterocycles. The molecular weight excluding hydrogens is 172 g/mol. The van der Waals surface area contributed by atoms with Crippen LogP contribution in [-0.4, -0.2) is 27.9 Å². The highest BCUT2D eigenvalue weighted by Gasteiger charge is 2.09. The average molecular weight is 192 g/mol. The van der Waals surface area contributed by atoms with Crippen molar-refractivity contribution in [1.82, 2.24) is 0 Å². The second-order valence-electron chi connectivity index (χ2n) is 3.81. The zero-order valence-electron chi connectivity index (χ0n) is 8.55. The molecule has 1 unspecified atom stereocenters. The second-order valence-corrected chi connectivity index (χ2v) is 5.51. The quantitative estimate of drug-likeness (QED) is 0.665. The topological polar surface area (TPSA) is 26.3 Å². The van der Waals surface area contributed by atoms with Crippen LogP contribution in [0.5, 0.6) is 0 Å². The fourth-order valence-corrected chi connectivity index (χ4v) is 1.70. The zero-order chi connectivity index (χ0) is 9.61. The molecule has 0 radical (unpaired) electrons. The van der Waals surface area contributed by atoms with E-state index in [2.05, 4.69) is 0 Å². The summed E-state index contributed by atoms with van der Waals surface area (Å²) in [5.41, 5.74) is -0.101. The van der Waals surface area contributed by atoms with E-state index in [1.165, 1.54) is 0 Å². The van der Waals surface area contributed by atoms with Crippen molar-refractivity contribution in [3.05, 3.63) is 0 Å². The molecule has 0 amide bonds. The van der Waals surface area contributed by atoms with Gasteiger partial charge in [-0.3, -0.25) is 4.21 Å². The van der Waals surface area contributed by atoms with Gasteiger partial charge in [-0.2, -0.15) is 0 Å². The molecule has 0 aromatic heterocycles. The Labute approximate surface area is 78.1 Å². The van der Waals surface area contributed by atoms with Crippen molar-refractivity contribution in [2.45, 2.75) is 39.7 Å². The molecule has 0 bridgehead atoms. The predicted octanol–water partition coefficient (Wildman–Crippen LogP) is 1.96. The standard InChI is InChI=1S/C9H20O2S/c1-5-7-12(10)8-6-11-9(2,3)4/h5-8H2,1-4H3. The summed E-state index contributed by atoms with van der Waals surface area (Å²) in [6, 6.07) is 0. The van der Waals surface area contributed by atoms with E-state index in [0.717, 1.165) is 12.2 Å². The normalized spacial score (nSPS) is 14.7. The van der Waals surface area contributed by atoms with E-state index >= 15 is 0 Å². The lowest BCUT2D eigenvalue weighted by Gasteiger charge is -2.19. The van der Waals surface area contributed by atoms with Gasteiger partial charge in [0.25, 0.3) is 0 Å². The molecule has 0 rings (SSSR count). The van der Waals surface area contributed by atoms with E-state index in [4.69, 9.17) is 4.74 Å². The van der Waals surface area contributed by atoms with Gasteiger partial charge in [0.15, 0.2) is 0 Å². The van der Waals surface area contributed by atoms with Gasteiger partial charge in [0.2, 0.25) is 0 Å². The van der Waals surface area contributed by atoms with E-state index in [9.17, 15) is 4.21 Å². The maximum Gasteiger partial charge on any atom is 0.0598 e. The van der Waals surface area contributed by atoms with E-state index < -0.39 is 10.8 Å². The van der Waals surface area contributed by atoms with Crippen molar-refractivity contribution in [2.75, 3.05) is 18.1 Å². The molecule has 0 N–H and O–H groups in total. The fraction of sp³-hybridized carbons (Fsp3) is 1.00. The summed E-state index contributed by atoms with van der Waals surface area (Å²) < 4.78 is 16.6. The molecule has 0 heterocycles. The van der Waals surface area contributed by atoms with Crippen molar-refractivity contribution >= 4 is 10.8 Å². The van der Waals surface area contributed by atoms with Gasteiger partial charge >= 0.3 is 0 Å².